The fraction of sp³-hybridized carbons (Fsp3) is 1.00. The predicted octanol–water partition coefficient (Wildman–Crippen LogP) is 0.324. The van der Waals surface area contributed by atoms with Crippen LogP contribution in [0.1, 0.15) is 0 Å². The summed E-state index contributed by atoms with van der Waals surface area (Å²) < 4.78 is 0. The first-order chi connectivity index (χ1) is 6.44. The molecule has 0 heterocycles. The lowest BCUT2D eigenvalue weighted by Gasteiger charge is -2.40. The van der Waals surface area contributed by atoms with Gasteiger partial charge in [-0.25, -0.2) is 0 Å². The van der Waals surface area contributed by atoms with Crippen molar-refractivity contribution in [3.05, 3.63) is 0 Å². The van der Waals surface area contributed by atoms with Gasteiger partial charge in [-0.1, -0.05) is 0 Å². The molecule has 13 heavy (non-hydrogen) atoms. The van der Waals surface area contributed by atoms with Crippen LogP contribution >= 0.6 is 0 Å². The van der Waals surface area contributed by atoms with Gasteiger partial charge in [-0.15, -0.1) is 0 Å². The van der Waals surface area contributed by atoms with Crippen LogP contribution in [0.3, 0.4) is 0 Å². The molecule has 0 aromatic heterocycles. The van der Waals surface area contributed by atoms with Crippen molar-refractivity contribution in [2.45, 2.75) is 11.1 Å². The Labute approximate surface area is 76.3 Å². The largest absolute Gasteiger partial charge is 0.304 e. The molecule has 10 rings (SSSR count). The highest BCUT2D eigenvalue weighted by molar-refractivity contribution is 5.63. The SMILES string of the molecule is N(C12C3C4C3C1C42)C12C3C4C3C1C42. The fourth-order valence-corrected chi connectivity index (χ4v) is 8.00. The summed E-state index contributed by atoms with van der Waals surface area (Å²) in [7, 11) is 0. The molecule has 1 heteroatoms. The van der Waals surface area contributed by atoms with Gasteiger partial charge in [0.15, 0.2) is 0 Å². The molecule has 0 saturated heterocycles. The van der Waals surface area contributed by atoms with Gasteiger partial charge in [-0.3, -0.25) is 0 Å². The summed E-state index contributed by atoms with van der Waals surface area (Å²) in [5.41, 5.74) is 1.67. The molecule has 10 saturated carbocycles. The molecule has 0 amide bonds. The second-order valence-electron chi connectivity index (χ2n) is 7.46. The van der Waals surface area contributed by atoms with Gasteiger partial charge in [0, 0.05) is 11.1 Å². The lowest BCUT2D eigenvalue weighted by molar-refractivity contribution is 0.159. The fourth-order valence-electron chi connectivity index (χ4n) is 8.00. The Balaban J connectivity index is 1.32. The van der Waals surface area contributed by atoms with Crippen LogP contribution in [0.2, 0.25) is 0 Å². The number of hydrogen-bond donors (Lipinski definition) is 1. The molecule has 0 bridgehead atoms. The first-order valence-electron chi connectivity index (χ1n) is 6.23. The summed E-state index contributed by atoms with van der Waals surface area (Å²) in [6.45, 7) is 0. The van der Waals surface area contributed by atoms with Crippen LogP contribution in [-0.2, 0) is 0 Å². The van der Waals surface area contributed by atoms with E-state index in [4.69, 9.17) is 0 Å². The lowest BCUT2D eigenvalue weighted by atomic mass is 9.83. The first-order valence-corrected chi connectivity index (χ1v) is 6.23. The zero-order valence-corrected chi connectivity index (χ0v) is 7.27. The second kappa shape index (κ2) is 0.778. The van der Waals surface area contributed by atoms with E-state index in [0.29, 0.717) is 0 Å². The van der Waals surface area contributed by atoms with Crippen LogP contribution in [0.5, 0.6) is 0 Å². The zero-order valence-electron chi connectivity index (χ0n) is 7.27. The van der Waals surface area contributed by atoms with E-state index in [9.17, 15) is 0 Å². The van der Waals surface area contributed by atoms with Crippen molar-refractivity contribution in [2.24, 2.45) is 59.2 Å². The monoisotopic (exact) mass is 169 g/mol. The lowest BCUT2D eigenvalue weighted by Crippen LogP contribution is -2.58. The number of nitrogens with one attached hydrogen (secondary N) is 1. The standard InChI is InChI=1S/C12H11N/c13(11-5-1-2(5)8(11)7(1)11)12-6-3-4(6)10(12)9(3)12/h1-10,13H. The highest BCUT2D eigenvalue weighted by Gasteiger charge is 3.11. The molecule has 0 aromatic rings. The third-order valence-electron chi connectivity index (χ3n) is 8.22. The van der Waals surface area contributed by atoms with E-state index in [1.165, 1.54) is 59.2 Å². The Bertz CT molecular complexity index is 367. The summed E-state index contributed by atoms with van der Waals surface area (Å²) in [6, 6.07) is 0. The molecule has 64 valence electrons. The summed E-state index contributed by atoms with van der Waals surface area (Å²) in [6.07, 6.45) is 0. The highest BCUT2D eigenvalue weighted by atomic mass is 15.4. The molecular weight excluding hydrogens is 158 g/mol. The Morgan fingerprint density at radius 1 is 0.538 bits per heavy atom. The third-order valence-corrected chi connectivity index (χ3v) is 8.22. The van der Waals surface area contributed by atoms with Crippen molar-refractivity contribution in [3.8, 4) is 0 Å². The van der Waals surface area contributed by atoms with Crippen LogP contribution in [-0.4, -0.2) is 11.1 Å². The van der Waals surface area contributed by atoms with Crippen LogP contribution in [0, 0.1) is 59.2 Å². The van der Waals surface area contributed by atoms with E-state index in [0.717, 1.165) is 11.1 Å². The maximum absolute atomic E-state index is 4.19. The van der Waals surface area contributed by atoms with Crippen LogP contribution in [0.4, 0.5) is 0 Å². The zero-order chi connectivity index (χ0) is 7.48. The van der Waals surface area contributed by atoms with E-state index in [-0.39, 0.29) is 0 Å². The van der Waals surface area contributed by atoms with Crippen molar-refractivity contribution < 1.29 is 0 Å². The molecule has 1 nitrogen and oxygen atoms in total. The molecule has 10 aliphatic rings. The normalized spacial score (nSPS) is 114. The molecule has 8 unspecified atom stereocenters. The van der Waals surface area contributed by atoms with Crippen molar-refractivity contribution >= 4 is 0 Å². The van der Waals surface area contributed by atoms with E-state index in [2.05, 4.69) is 5.32 Å². The van der Waals surface area contributed by atoms with Gasteiger partial charge >= 0.3 is 0 Å². The van der Waals surface area contributed by atoms with Crippen LogP contribution in [0.15, 0.2) is 0 Å². The molecule has 8 atom stereocenters. The summed E-state index contributed by atoms with van der Waals surface area (Å²) in [4.78, 5) is 0. The number of rotatable bonds is 2. The highest BCUT2D eigenvalue weighted by Crippen LogP contribution is 3.07. The molecule has 0 aliphatic heterocycles. The van der Waals surface area contributed by atoms with Gasteiger partial charge in [0.05, 0.1) is 0 Å². The van der Waals surface area contributed by atoms with Gasteiger partial charge in [0.2, 0.25) is 0 Å². The Morgan fingerprint density at radius 3 is 1.23 bits per heavy atom. The van der Waals surface area contributed by atoms with E-state index in [1.807, 2.05) is 0 Å². The minimum Gasteiger partial charge on any atom is -0.304 e. The van der Waals surface area contributed by atoms with E-state index in [1.54, 1.807) is 0 Å². The average Bonchev–Trinajstić information content (AvgIpc) is 2.69. The third kappa shape index (κ3) is 0.177. The smallest absolute Gasteiger partial charge is 0.0289 e. The molecule has 10 aliphatic carbocycles. The second-order valence-corrected chi connectivity index (χ2v) is 7.46. The molecule has 0 aromatic carbocycles. The molecule has 0 radical (unpaired) electrons. The van der Waals surface area contributed by atoms with Gasteiger partial charge in [-0.05, 0) is 59.2 Å². The molecule has 10 fully saturated rings. The molecular formula is C12H11N. The quantitative estimate of drug-likeness (QED) is 0.628. The van der Waals surface area contributed by atoms with E-state index >= 15 is 0 Å². The topological polar surface area (TPSA) is 12.0 Å². The summed E-state index contributed by atoms with van der Waals surface area (Å²) in [5, 5.41) is 4.19. The van der Waals surface area contributed by atoms with Gasteiger partial charge in [0.25, 0.3) is 0 Å². The Kier molecular flexibility index (Phi) is 0.279. The van der Waals surface area contributed by atoms with Crippen LogP contribution in [0.25, 0.3) is 0 Å². The number of hydrogen-bond acceptors (Lipinski definition) is 1. The van der Waals surface area contributed by atoms with Crippen molar-refractivity contribution in [2.75, 3.05) is 0 Å². The maximum atomic E-state index is 4.19. The van der Waals surface area contributed by atoms with Crippen molar-refractivity contribution in [3.63, 3.8) is 0 Å². The predicted molar refractivity (Wildman–Crippen MR) is 43.5 cm³/mol. The molecule has 1 N–H and O–H groups in total. The maximum Gasteiger partial charge on any atom is 0.0289 e. The van der Waals surface area contributed by atoms with Crippen LogP contribution < -0.4 is 5.32 Å². The van der Waals surface area contributed by atoms with E-state index < -0.39 is 0 Å². The van der Waals surface area contributed by atoms with Crippen molar-refractivity contribution in [1.29, 1.82) is 0 Å². The summed E-state index contributed by atoms with van der Waals surface area (Å²) in [5.74, 6) is 12.5. The minimum absolute atomic E-state index is 0.834. The van der Waals surface area contributed by atoms with Gasteiger partial charge in [-0.2, -0.15) is 0 Å². The molecule has 0 spiro atoms. The Morgan fingerprint density at radius 2 is 0.923 bits per heavy atom. The Hall–Kier alpha value is -0.0400. The first kappa shape index (κ1) is 4.65. The summed E-state index contributed by atoms with van der Waals surface area (Å²) >= 11 is 0. The van der Waals surface area contributed by atoms with Gasteiger partial charge < -0.3 is 5.32 Å². The average molecular weight is 169 g/mol. The van der Waals surface area contributed by atoms with Crippen molar-refractivity contribution in [1.82, 2.24) is 5.32 Å². The minimum atomic E-state index is 0.834. The van der Waals surface area contributed by atoms with Gasteiger partial charge in [0.1, 0.15) is 0 Å².